The molecule has 0 N–H and O–H groups in total. The molecule has 0 aliphatic heterocycles. The van der Waals surface area contributed by atoms with Gasteiger partial charge in [-0.25, -0.2) is 0 Å². The molecule has 0 aromatic heterocycles. The van der Waals surface area contributed by atoms with E-state index in [9.17, 15) is 0 Å². The molecule has 0 atom stereocenters. The molecule has 0 aromatic carbocycles. The van der Waals surface area contributed by atoms with Crippen molar-refractivity contribution in [1.82, 2.24) is 0 Å². The molecule has 0 spiro atoms. The van der Waals surface area contributed by atoms with Crippen LogP contribution >= 0.6 is 0 Å². The summed E-state index contributed by atoms with van der Waals surface area (Å²) < 4.78 is 0. The summed E-state index contributed by atoms with van der Waals surface area (Å²) in [6.45, 7) is 4.53. The lowest BCUT2D eigenvalue weighted by Gasteiger charge is -1.37. The van der Waals surface area contributed by atoms with E-state index in [0.717, 1.165) is 6.08 Å². The van der Waals surface area contributed by atoms with E-state index in [2.05, 4.69) is 6.58 Å². The zero-order chi connectivity index (χ0) is 3.41. The molecule has 1 radical (unpaired) electrons. The maximum Gasteiger partial charge on any atom is 0.142 e. The molecule has 0 rings (SSSR count). The van der Waals surface area contributed by atoms with Gasteiger partial charge in [-0.2, -0.15) is 0 Å². The number of carbonyl (C=O) groups is 1. The van der Waals surface area contributed by atoms with Crippen molar-refractivity contribution >= 4 is 6.29 Å². The minimum absolute atomic E-state index is 0.528. The SMILES string of the molecule is [CH]=CC=O. The van der Waals surface area contributed by atoms with Gasteiger partial charge in [-0.05, 0) is 6.08 Å². The summed E-state index contributed by atoms with van der Waals surface area (Å²) in [6, 6.07) is 0. The monoisotopic (exact) mass is 55.0 g/mol. The van der Waals surface area contributed by atoms with Gasteiger partial charge < -0.3 is 0 Å². The molecule has 4 heavy (non-hydrogen) atoms. The number of aldehydes is 1. The zero-order valence-corrected chi connectivity index (χ0v) is 2.14. The molecule has 0 aromatic rings. The fourth-order valence-electron chi connectivity index (χ4n) is 0. The highest BCUT2D eigenvalue weighted by Gasteiger charge is 1.38. The summed E-state index contributed by atoms with van der Waals surface area (Å²) in [6.07, 6.45) is 1.47. The molecule has 0 amide bonds. The lowest BCUT2D eigenvalue weighted by molar-refractivity contribution is -0.104. The molecule has 0 saturated heterocycles. The second kappa shape index (κ2) is 2.41. The minimum Gasteiger partial charge on any atom is -0.299 e. The number of hydrogen-bond donors (Lipinski definition) is 0. The van der Waals surface area contributed by atoms with E-state index in [0.29, 0.717) is 6.29 Å². The normalized spacial score (nSPS) is 5.00. The summed E-state index contributed by atoms with van der Waals surface area (Å²) in [5.74, 6) is 0. The van der Waals surface area contributed by atoms with Gasteiger partial charge in [0.05, 0.1) is 0 Å². The average Bonchev–Trinajstić information content (AvgIpc) is 1.37. The first kappa shape index (κ1) is 3.41. The van der Waals surface area contributed by atoms with Crippen LogP contribution in [0.1, 0.15) is 0 Å². The Balaban J connectivity index is 2.73. The molecular weight excluding hydrogens is 52.0 g/mol. The third-order valence-electron chi connectivity index (χ3n) is 0.0786. The van der Waals surface area contributed by atoms with Crippen molar-refractivity contribution in [3.63, 3.8) is 0 Å². The van der Waals surface area contributed by atoms with Crippen LogP contribution in [0.3, 0.4) is 0 Å². The van der Waals surface area contributed by atoms with Gasteiger partial charge in [-0.3, -0.25) is 4.79 Å². The van der Waals surface area contributed by atoms with Crippen LogP contribution in [0.4, 0.5) is 0 Å². The van der Waals surface area contributed by atoms with Crippen LogP contribution in [0.5, 0.6) is 0 Å². The second-order valence-corrected chi connectivity index (χ2v) is 0.329. The van der Waals surface area contributed by atoms with E-state index in [1.165, 1.54) is 0 Å². The maximum atomic E-state index is 8.99. The number of carbonyl (C=O) groups excluding carboxylic acids is 1. The minimum atomic E-state index is 0.528. The Kier molecular flexibility index (Phi) is 2.05. The largest absolute Gasteiger partial charge is 0.299 e. The van der Waals surface area contributed by atoms with E-state index < -0.39 is 0 Å². The van der Waals surface area contributed by atoms with Gasteiger partial charge in [0.15, 0.2) is 0 Å². The van der Waals surface area contributed by atoms with Gasteiger partial charge in [-0.1, -0.05) is 6.58 Å². The van der Waals surface area contributed by atoms with Crippen molar-refractivity contribution in [2.24, 2.45) is 0 Å². The fourth-order valence-corrected chi connectivity index (χ4v) is 0. The van der Waals surface area contributed by atoms with Gasteiger partial charge in [0.2, 0.25) is 0 Å². The van der Waals surface area contributed by atoms with Crippen LogP contribution in [-0.2, 0) is 4.79 Å². The predicted molar refractivity (Wildman–Crippen MR) is 14.9 cm³/mol. The van der Waals surface area contributed by atoms with Gasteiger partial charge >= 0.3 is 0 Å². The fraction of sp³-hybridized carbons (Fsp3) is 0. The van der Waals surface area contributed by atoms with Crippen LogP contribution in [0.2, 0.25) is 0 Å². The van der Waals surface area contributed by atoms with Crippen molar-refractivity contribution in [3.05, 3.63) is 12.7 Å². The first-order valence-corrected chi connectivity index (χ1v) is 0.902. The van der Waals surface area contributed by atoms with Crippen molar-refractivity contribution in [1.29, 1.82) is 0 Å². The number of rotatable bonds is 1. The highest BCUT2D eigenvalue weighted by molar-refractivity contribution is 5.62. The van der Waals surface area contributed by atoms with Gasteiger partial charge in [-0.15, -0.1) is 0 Å². The van der Waals surface area contributed by atoms with Crippen LogP contribution in [0.25, 0.3) is 0 Å². The molecular formula is C3H3O. The average molecular weight is 55.1 g/mol. The first-order chi connectivity index (χ1) is 1.91. The lowest BCUT2D eigenvalue weighted by atomic mass is 10.8. The van der Waals surface area contributed by atoms with Gasteiger partial charge in [0.25, 0.3) is 0 Å². The molecule has 1 nitrogen and oxygen atoms in total. The maximum absolute atomic E-state index is 8.99. The molecule has 21 valence electrons. The van der Waals surface area contributed by atoms with Crippen molar-refractivity contribution in [2.75, 3.05) is 0 Å². The zero-order valence-electron chi connectivity index (χ0n) is 2.14. The Morgan fingerprint density at radius 2 is 2.00 bits per heavy atom. The Labute approximate surface area is 24.9 Å². The van der Waals surface area contributed by atoms with E-state index in [-0.39, 0.29) is 0 Å². The third kappa shape index (κ3) is 1.41. The molecule has 0 fully saturated rings. The molecule has 0 unspecified atom stereocenters. The highest BCUT2D eigenvalue weighted by atomic mass is 16.1. The second-order valence-electron chi connectivity index (χ2n) is 0.329. The van der Waals surface area contributed by atoms with E-state index in [4.69, 9.17) is 4.79 Å². The van der Waals surface area contributed by atoms with Crippen molar-refractivity contribution in [2.45, 2.75) is 0 Å². The van der Waals surface area contributed by atoms with Gasteiger partial charge in [0, 0.05) is 0 Å². The predicted octanol–water partition coefficient (Wildman–Crippen LogP) is 0.174. The standard InChI is InChI=1S/C3H3O/c1-2-3-4/h1-3H. The molecule has 0 heterocycles. The molecule has 0 saturated carbocycles. The molecule has 0 bridgehead atoms. The molecule has 0 aliphatic rings. The Morgan fingerprint density at radius 3 is 2.00 bits per heavy atom. The third-order valence-corrected chi connectivity index (χ3v) is 0.0786. The van der Waals surface area contributed by atoms with Crippen molar-refractivity contribution in [3.8, 4) is 0 Å². The van der Waals surface area contributed by atoms with Crippen LogP contribution in [-0.4, -0.2) is 6.29 Å². The van der Waals surface area contributed by atoms with Crippen LogP contribution < -0.4 is 0 Å². The summed E-state index contributed by atoms with van der Waals surface area (Å²) in [7, 11) is 0. The first-order valence-electron chi connectivity index (χ1n) is 0.902. The van der Waals surface area contributed by atoms with E-state index in [1.54, 1.807) is 0 Å². The topological polar surface area (TPSA) is 17.1 Å². The molecule has 1 heteroatoms. The number of allylic oxidation sites excluding steroid dienone is 1. The van der Waals surface area contributed by atoms with Gasteiger partial charge in [0.1, 0.15) is 6.29 Å². The smallest absolute Gasteiger partial charge is 0.142 e. The van der Waals surface area contributed by atoms with E-state index >= 15 is 0 Å². The Bertz CT molecular complexity index is 24.3. The molecule has 0 aliphatic carbocycles. The summed E-state index contributed by atoms with van der Waals surface area (Å²) in [5, 5.41) is 0. The quantitative estimate of drug-likeness (QED) is 0.308. The summed E-state index contributed by atoms with van der Waals surface area (Å²) in [4.78, 5) is 8.99. The number of hydrogen-bond acceptors (Lipinski definition) is 1. The Morgan fingerprint density at radius 1 is 1.75 bits per heavy atom. The Hall–Kier alpha value is -0.590. The van der Waals surface area contributed by atoms with Crippen LogP contribution in [0.15, 0.2) is 6.08 Å². The highest BCUT2D eigenvalue weighted by Crippen LogP contribution is 1.34. The van der Waals surface area contributed by atoms with E-state index in [1.807, 2.05) is 0 Å². The lowest BCUT2D eigenvalue weighted by Crippen LogP contribution is -1.45. The summed E-state index contributed by atoms with van der Waals surface area (Å²) >= 11 is 0. The van der Waals surface area contributed by atoms with Crippen LogP contribution in [0, 0.1) is 6.58 Å². The van der Waals surface area contributed by atoms with Crippen molar-refractivity contribution < 1.29 is 4.79 Å². The summed E-state index contributed by atoms with van der Waals surface area (Å²) in [5.41, 5.74) is 0.